The Bertz CT molecular complexity index is 572. The van der Waals surface area contributed by atoms with Crippen molar-refractivity contribution in [3.05, 3.63) is 52.4 Å². The summed E-state index contributed by atoms with van der Waals surface area (Å²) in [6.07, 6.45) is 1.47. The molecule has 1 aromatic heterocycles. The Morgan fingerprint density at radius 3 is 3.00 bits per heavy atom. The Labute approximate surface area is 90.9 Å². The van der Waals surface area contributed by atoms with E-state index in [4.69, 9.17) is 4.42 Å². The Balaban J connectivity index is 2.35. The summed E-state index contributed by atoms with van der Waals surface area (Å²) < 4.78 is 5.44. The number of fused-ring (bicyclic) bond motifs is 3. The van der Waals surface area contributed by atoms with Gasteiger partial charge in [-0.3, -0.25) is 4.79 Å². The van der Waals surface area contributed by atoms with Crippen LogP contribution in [-0.4, -0.2) is 0 Å². The standard InChI is InChI=1S/C12H8O2S/c13-10-5-6-14-12-8-3-1-2-4-11(8)15-7-9(10)12/h1-6H,7H2. The molecule has 0 aliphatic carbocycles. The molecule has 0 atom stereocenters. The van der Waals surface area contributed by atoms with E-state index in [-0.39, 0.29) is 5.43 Å². The van der Waals surface area contributed by atoms with Crippen molar-refractivity contribution < 1.29 is 4.42 Å². The first-order chi connectivity index (χ1) is 7.36. The second kappa shape index (κ2) is 3.28. The van der Waals surface area contributed by atoms with Crippen molar-refractivity contribution in [2.75, 3.05) is 0 Å². The van der Waals surface area contributed by atoms with Gasteiger partial charge in [-0.05, 0) is 6.07 Å². The molecule has 0 N–H and O–H groups in total. The quantitative estimate of drug-likeness (QED) is 0.678. The Hall–Kier alpha value is -1.48. The first-order valence-electron chi connectivity index (χ1n) is 4.69. The van der Waals surface area contributed by atoms with Crippen LogP contribution in [0.4, 0.5) is 0 Å². The molecule has 0 amide bonds. The fraction of sp³-hybridized carbons (Fsp3) is 0.0833. The molecule has 74 valence electrons. The lowest BCUT2D eigenvalue weighted by Gasteiger charge is -2.16. The van der Waals surface area contributed by atoms with Crippen LogP contribution in [0, 0.1) is 0 Å². The van der Waals surface area contributed by atoms with Gasteiger partial charge >= 0.3 is 0 Å². The minimum absolute atomic E-state index is 0.0678. The van der Waals surface area contributed by atoms with Crippen LogP contribution in [0.1, 0.15) is 5.56 Å². The van der Waals surface area contributed by atoms with Gasteiger partial charge in [-0.15, -0.1) is 11.8 Å². The zero-order chi connectivity index (χ0) is 10.3. The highest BCUT2D eigenvalue weighted by Gasteiger charge is 2.19. The van der Waals surface area contributed by atoms with Crippen LogP contribution in [0.2, 0.25) is 0 Å². The van der Waals surface area contributed by atoms with E-state index in [0.717, 1.165) is 16.9 Å². The highest BCUT2D eigenvalue weighted by Crippen LogP contribution is 2.39. The van der Waals surface area contributed by atoms with E-state index >= 15 is 0 Å². The van der Waals surface area contributed by atoms with E-state index < -0.39 is 0 Å². The molecular weight excluding hydrogens is 208 g/mol. The first-order valence-corrected chi connectivity index (χ1v) is 5.68. The second-order valence-electron chi connectivity index (χ2n) is 3.38. The van der Waals surface area contributed by atoms with Gasteiger partial charge in [0.2, 0.25) is 0 Å². The molecule has 1 aliphatic rings. The summed E-state index contributed by atoms with van der Waals surface area (Å²) in [4.78, 5) is 12.8. The summed E-state index contributed by atoms with van der Waals surface area (Å²) in [5.41, 5.74) is 1.88. The van der Waals surface area contributed by atoms with Crippen LogP contribution < -0.4 is 5.43 Å². The molecule has 0 unspecified atom stereocenters. The van der Waals surface area contributed by atoms with Crippen molar-refractivity contribution in [2.24, 2.45) is 0 Å². The third-order valence-corrected chi connectivity index (χ3v) is 3.58. The number of thioether (sulfide) groups is 1. The minimum Gasteiger partial charge on any atom is -0.464 e. The smallest absolute Gasteiger partial charge is 0.189 e. The molecule has 0 saturated carbocycles. The SMILES string of the molecule is O=c1ccoc2c1CSc1ccccc1-2. The van der Waals surface area contributed by atoms with Crippen molar-refractivity contribution >= 4 is 11.8 Å². The number of benzene rings is 1. The fourth-order valence-electron chi connectivity index (χ4n) is 1.74. The molecule has 2 heterocycles. The lowest BCUT2D eigenvalue weighted by Crippen LogP contribution is -2.10. The van der Waals surface area contributed by atoms with E-state index in [2.05, 4.69) is 6.07 Å². The molecule has 1 aromatic carbocycles. The second-order valence-corrected chi connectivity index (χ2v) is 4.39. The van der Waals surface area contributed by atoms with E-state index in [1.807, 2.05) is 18.2 Å². The van der Waals surface area contributed by atoms with Gasteiger partial charge in [0, 0.05) is 22.3 Å². The van der Waals surface area contributed by atoms with Crippen LogP contribution in [0.15, 0.2) is 50.7 Å². The summed E-state index contributed by atoms with van der Waals surface area (Å²) in [5.74, 6) is 1.44. The molecule has 0 radical (unpaired) electrons. The fourth-order valence-corrected chi connectivity index (χ4v) is 2.80. The number of hydrogen-bond acceptors (Lipinski definition) is 3. The summed E-state index contributed by atoms with van der Waals surface area (Å²) in [5, 5.41) is 0. The minimum atomic E-state index is 0.0678. The van der Waals surface area contributed by atoms with Crippen molar-refractivity contribution in [2.45, 2.75) is 10.6 Å². The summed E-state index contributed by atoms with van der Waals surface area (Å²) in [7, 11) is 0. The molecule has 2 nitrogen and oxygen atoms in total. The van der Waals surface area contributed by atoms with Crippen molar-refractivity contribution in [1.29, 1.82) is 0 Å². The molecule has 1 aliphatic heterocycles. The molecule has 0 bridgehead atoms. The normalized spacial score (nSPS) is 13.1. The Kier molecular flexibility index (Phi) is 1.92. The monoisotopic (exact) mass is 216 g/mol. The maximum atomic E-state index is 11.6. The van der Waals surface area contributed by atoms with Gasteiger partial charge < -0.3 is 4.42 Å². The average molecular weight is 216 g/mol. The van der Waals surface area contributed by atoms with Gasteiger partial charge in [-0.25, -0.2) is 0 Å². The van der Waals surface area contributed by atoms with E-state index in [0.29, 0.717) is 5.75 Å². The zero-order valence-corrected chi connectivity index (χ0v) is 8.71. The lowest BCUT2D eigenvalue weighted by molar-refractivity contribution is 0.557. The van der Waals surface area contributed by atoms with Crippen molar-refractivity contribution in [1.82, 2.24) is 0 Å². The average Bonchev–Trinajstić information content (AvgIpc) is 2.29. The van der Waals surface area contributed by atoms with Gasteiger partial charge in [0.25, 0.3) is 0 Å². The van der Waals surface area contributed by atoms with Crippen LogP contribution in [0.25, 0.3) is 11.3 Å². The summed E-state index contributed by atoms with van der Waals surface area (Å²) >= 11 is 1.69. The van der Waals surface area contributed by atoms with Crippen molar-refractivity contribution in [3.63, 3.8) is 0 Å². The van der Waals surface area contributed by atoms with Gasteiger partial charge in [0.1, 0.15) is 5.76 Å². The third kappa shape index (κ3) is 1.31. The maximum Gasteiger partial charge on any atom is 0.189 e. The van der Waals surface area contributed by atoms with Gasteiger partial charge in [-0.1, -0.05) is 18.2 Å². The Morgan fingerprint density at radius 2 is 2.07 bits per heavy atom. The van der Waals surface area contributed by atoms with Crippen LogP contribution in [-0.2, 0) is 5.75 Å². The van der Waals surface area contributed by atoms with E-state index in [1.165, 1.54) is 17.2 Å². The molecule has 15 heavy (non-hydrogen) atoms. The topological polar surface area (TPSA) is 30.2 Å². The molecule has 0 saturated heterocycles. The molecule has 0 fully saturated rings. The lowest BCUT2D eigenvalue weighted by atomic mass is 10.1. The molecule has 3 rings (SSSR count). The summed E-state index contributed by atoms with van der Waals surface area (Å²) in [6.45, 7) is 0. The number of hydrogen-bond donors (Lipinski definition) is 0. The van der Waals surface area contributed by atoms with Crippen LogP contribution >= 0.6 is 11.8 Å². The zero-order valence-electron chi connectivity index (χ0n) is 7.90. The van der Waals surface area contributed by atoms with E-state index in [1.54, 1.807) is 11.8 Å². The van der Waals surface area contributed by atoms with Gasteiger partial charge in [0.15, 0.2) is 5.43 Å². The van der Waals surface area contributed by atoms with Crippen LogP contribution in [0.3, 0.4) is 0 Å². The summed E-state index contributed by atoms with van der Waals surface area (Å²) in [6, 6.07) is 9.48. The van der Waals surface area contributed by atoms with E-state index in [9.17, 15) is 4.79 Å². The van der Waals surface area contributed by atoms with Crippen LogP contribution in [0.5, 0.6) is 0 Å². The largest absolute Gasteiger partial charge is 0.464 e. The third-order valence-electron chi connectivity index (χ3n) is 2.48. The highest BCUT2D eigenvalue weighted by atomic mass is 32.2. The molecule has 3 heteroatoms. The number of rotatable bonds is 0. The molecular formula is C12H8O2S. The van der Waals surface area contributed by atoms with Crippen molar-refractivity contribution in [3.8, 4) is 11.3 Å². The predicted molar refractivity (Wildman–Crippen MR) is 60.0 cm³/mol. The van der Waals surface area contributed by atoms with Gasteiger partial charge in [0.05, 0.1) is 11.8 Å². The Morgan fingerprint density at radius 1 is 1.20 bits per heavy atom. The maximum absolute atomic E-state index is 11.6. The molecule has 2 aromatic rings. The molecule has 0 spiro atoms. The predicted octanol–water partition coefficient (Wildman–Crippen LogP) is 2.91. The first kappa shape index (κ1) is 8.80. The highest BCUT2D eigenvalue weighted by molar-refractivity contribution is 7.98. The van der Waals surface area contributed by atoms with Gasteiger partial charge in [-0.2, -0.15) is 0 Å².